The van der Waals surface area contributed by atoms with Crippen molar-refractivity contribution in [3.8, 4) is 22.6 Å². The first-order valence-corrected chi connectivity index (χ1v) is 14.4. The highest BCUT2D eigenvalue weighted by atomic mass is 31.1. The van der Waals surface area contributed by atoms with Crippen molar-refractivity contribution in [1.82, 2.24) is 14.5 Å². The van der Waals surface area contributed by atoms with Gasteiger partial charge in [0.25, 0.3) is 5.91 Å². The van der Waals surface area contributed by atoms with Crippen LogP contribution in [0.25, 0.3) is 27.8 Å². The number of carbonyl (C=O) groups is 1. The molecule has 1 aliphatic rings. The third kappa shape index (κ3) is 4.35. The van der Waals surface area contributed by atoms with E-state index in [-0.39, 0.29) is 34.8 Å². The van der Waals surface area contributed by atoms with Crippen LogP contribution in [0.2, 0.25) is 0 Å². The summed E-state index contributed by atoms with van der Waals surface area (Å²) in [7, 11) is 1.15. The number of halogens is 3. The summed E-state index contributed by atoms with van der Waals surface area (Å²) in [5.74, 6) is -0.0781. The lowest BCUT2D eigenvalue weighted by atomic mass is 10.0. The second kappa shape index (κ2) is 10.4. The molecule has 0 aliphatic carbocycles. The van der Waals surface area contributed by atoms with Crippen LogP contribution in [0.4, 0.5) is 13.2 Å². The van der Waals surface area contributed by atoms with E-state index in [9.17, 15) is 13.6 Å². The van der Waals surface area contributed by atoms with Gasteiger partial charge in [-0.25, -0.2) is 9.37 Å². The summed E-state index contributed by atoms with van der Waals surface area (Å²) in [6.45, 7) is 3.04. The molecule has 2 heterocycles. The molecule has 9 heteroatoms. The fraction of sp³-hybridized carbons (Fsp3) is 0.310. The van der Waals surface area contributed by atoms with Crippen LogP contribution in [0.5, 0.6) is 5.75 Å². The van der Waals surface area contributed by atoms with Crippen molar-refractivity contribution in [1.29, 1.82) is 0 Å². The average molecular weight is 540 g/mol. The van der Waals surface area contributed by atoms with Gasteiger partial charge in [-0.1, -0.05) is 53.0 Å². The number of hydrogen-bond acceptors (Lipinski definition) is 3. The maximum absolute atomic E-state index is 15.2. The van der Waals surface area contributed by atoms with E-state index in [1.165, 1.54) is 12.1 Å². The summed E-state index contributed by atoms with van der Waals surface area (Å²) < 4.78 is 48.6. The number of fused-ring (bicyclic) bond motifs is 5. The molecule has 1 amide bonds. The number of nitrogens with zero attached hydrogens (tertiary/aromatic N) is 3. The molecule has 0 saturated carbocycles. The predicted molar refractivity (Wildman–Crippen MR) is 146 cm³/mol. The minimum Gasteiger partial charge on any atom is -0.433 e. The zero-order chi connectivity index (χ0) is 27.1. The van der Waals surface area contributed by atoms with Crippen molar-refractivity contribution in [2.75, 3.05) is 19.4 Å². The van der Waals surface area contributed by atoms with Gasteiger partial charge < -0.3 is 9.64 Å². The van der Waals surface area contributed by atoms with Crippen LogP contribution in [0.15, 0.2) is 54.6 Å². The molecule has 38 heavy (non-hydrogen) atoms. The van der Waals surface area contributed by atoms with Crippen molar-refractivity contribution in [2.45, 2.75) is 39.8 Å². The van der Waals surface area contributed by atoms with E-state index in [1.807, 2.05) is 37.3 Å². The largest absolute Gasteiger partial charge is 0.433 e. The number of carbonyl (C=O) groups excluding carboxylic acids is 1. The van der Waals surface area contributed by atoms with Gasteiger partial charge in [-0.2, -0.15) is 8.78 Å². The van der Waals surface area contributed by atoms with E-state index in [1.54, 1.807) is 28.6 Å². The molecular weight excluding hydrogens is 510 g/mol. The number of para-hydroxylation sites is 1. The van der Waals surface area contributed by atoms with E-state index in [4.69, 9.17) is 9.72 Å². The van der Waals surface area contributed by atoms with Gasteiger partial charge >= 0.3 is 6.61 Å². The molecule has 4 aromatic rings. The molecule has 0 N–H and O–H groups in total. The van der Waals surface area contributed by atoms with Crippen LogP contribution in [0.1, 0.15) is 49.4 Å². The van der Waals surface area contributed by atoms with Crippen LogP contribution in [-0.4, -0.2) is 46.3 Å². The highest BCUT2D eigenvalue weighted by molar-refractivity contribution is 7.65. The Kier molecular flexibility index (Phi) is 7.19. The Morgan fingerprint density at radius 3 is 2.39 bits per heavy atom. The van der Waals surface area contributed by atoms with Crippen LogP contribution in [0, 0.1) is 5.82 Å². The first-order valence-electron chi connectivity index (χ1n) is 12.7. The summed E-state index contributed by atoms with van der Waals surface area (Å²) >= 11 is 0. The summed E-state index contributed by atoms with van der Waals surface area (Å²) in [4.78, 5) is 19.8. The summed E-state index contributed by atoms with van der Waals surface area (Å²) in [6.07, 6.45) is 2.41. The molecule has 1 atom stereocenters. The molecule has 0 spiro atoms. The van der Waals surface area contributed by atoms with Gasteiger partial charge in [-0.3, -0.25) is 9.36 Å². The molecule has 1 aromatic heterocycles. The Bertz CT molecular complexity index is 1520. The molecule has 5 nitrogen and oxygen atoms in total. The molecule has 5 rings (SSSR count). The molecule has 198 valence electrons. The van der Waals surface area contributed by atoms with Crippen molar-refractivity contribution in [3.05, 3.63) is 71.8 Å². The number of imidazole rings is 1. The standard InChI is InChI=1S/C29H29F3N3O2P/c1-5-22-27-33-21-13-11-18(17-12-14-25(20(30)15-17)38(6-2)7-3)16-23(21)35(27)26-19(28(36)34(22)4)9-8-10-24(26)37-29(31)32/h8-16,22,29H,5-7H2,1-4H3. The third-order valence-corrected chi connectivity index (χ3v) is 9.78. The summed E-state index contributed by atoms with van der Waals surface area (Å²) in [5.41, 5.74) is 3.20. The molecule has 0 radical (unpaired) electrons. The number of benzene rings is 3. The van der Waals surface area contributed by atoms with Gasteiger partial charge in [0.15, 0.2) is 5.75 Å². The predicted octanol–water partition coefficient (Wildman–Crippen LogP) is 7.12. The molecule has 0 saturated heterocycles. The van der Waals surface area contributed by atoms with E-state index >= 15 is 4.39 Å². The number of alkyl halides is 2. The Balaban J connectivity index is 1.75. The minimum absolute atomic E-state index is 0.107. The zero-order valence-corrected chi connectivity index (χ0v) is 22.6. The zero-order valence-electron chi connectivity index (χ0n) is 21.7. The lowest BCUT2D eigenvalue weighted by Gasteiger charge is -2.24. The monoisotopic (exact) mass is 539 g/mol. The van der Waals surface area contributed by atoms with Gasteiger partial charge in [0.1, 0.15) is 17.3 Å². The lowest BCUT2D eigenvalue weighted by molar-refractivity contribution is -0.0498. The second-order valence-electron chi connectivity index (χ2n) is 9.22. The molecule has 1 aliphatic heterocycles. The van der Waals surface area contributed by atoms with Crippen LogP contribution in [0.3, 0.4) is 0 Å². The van der Waals surface area contributed by atoms with Gasteiger partial charge in [-0.15, -0.1) is 0 Å². The van der Waals surface area contributed by atoms with Gasteiger partial charge in [-0.05, 0) is 60.2 Å². The van der Waals surface area contributed by atoms with Crippen molar-refractivity contribution >= 4 is 30.2 Å². The lowest BCUT2D eigenvalue weighted by Crippen LogP contribution is -2.30. The summed E-state index contributed by atoms with van der Waals surface area (Å²) in [6, 6.07) is 15.1. The summed E-state index contributed by atoms with van der Waals surface area (Å²) in [5, 5.41) is 0.767. The third-order valence-electron chi connectivity index (χ3n) is 7.21. The highest BCUT2D eigenvalue weighted by Gasteiger charge is 2.35. The van der Waals surface area contributed by atoms with E-state index in [2.05, 4.69) is 13.8 Å². The van der Waals surface area contributed by atoms with Gasteiger partial charge in [0, 0.05) is 12.4 Å². The van der Waals surface area contributed by atoms with Crippen molar-refractivity contribution < 1.29 is 22.7 Å². The molecular formula is C29H29F3N3O2P. The number of hydrogen-bond donors (Lipinski definition) is 0. The van der Waals surface area contributed by atoms with Crippen molar-refractivity contribution in [2.24, 2.45) is 0 Å². The first-order chi connectivity index (χ1) is 18.3. The van der Waals surface area contributed by atoms with Crippen molar-refractivity contribution in [3.63, 3.8) is 0 Å². The topological polar surface area (TPSA) is 47.4 Å². The fourth-order valence-corrected chi connectivity index (χ4v) is 7.10. The molecule has 0 fully saturated rings. The number of ether oxygens (including phenoxy) is 1. The van der Waals surface area contributed by atoms with Gasteiger partial charge in [0.05, 0.1) is 22.6 Å². The first kappa shape index (κ1) is 26.2. The molecule has 0 bridgehead atoms. The number of aromatic nitrogens is 2. The minimum atomic E-state index is -3.06. The molecule has 1 unspecified atom stereocenters. The van der Waals surface area contributed by atoms with Gasteiger partial charge in [0.2, 0.25) is 0 Å². The highest BCUT2D eigenvalue weighted by Crippen LogP contribution is 2.41. The Hall–Kier alpha value is -3.38. The van der Waals surface area contributed by atoms with E-state index in [0.717, 1.165) is 23.2 Å². The maximum atomic E-state index is 15.2. The van der Waals surface area contributed by atoms with Crippen LogP contribution < -0.4 is 10.0 Å². The SMILES string of the molecule is CCC1c2nc3ccc(-c4ccc(P(CC)CC)c(F)c4)cc3n2-c2c(OC(F)F)cccc2C(=O)N1C. The van der Waals surface area contributed by atoms with E-state index in [0.29, 0.717) is 28.8 Å². The normalized spacial score (nSPS) is 15.2. The second-order valence-corrected chi connectivity index (χ2v) is 12.0. The number of rotatable bonds is 7. The van der Waals surface area contributed by atoms with Crippen LogP contribution in [-0.2, 0) is 0 Å². The van der Waals surface area contributed by atoms with E-state index < -0.39 is 14.5 Å². The Morgan fingerprint density at radius 2 is 1.74 bits per heavy atom. The Morgan fingerprint density at radius 1 is 1.03 bits per heavy atom. The average Bonchev–Trinajstić information content (AvgIpc) is 3.23. The number of amides is 1. The fourth-order valence-electron chi connectivity index (χ4n) is 5.32. The Labute approximate surface area is 221 Å². The quantitative estimate of drug-likeness (QED) is 0.235. The smallest absolute Gasteiger partial charge is 0.387 e. The molecule has 3 aromatic carbocycles. The van der Waals surface area contributed by atoms with Crippen LogP contribution >= 0.6 is 7.92 Å². The maximum Gasteiger partial charge on any atom is 0.387 e.